The van der Waals surface area contributed by atoms with E-state index < -0.39 is 24.0 Å². The number of imidazole rings is 2. The van der Waals surface area contributed by atoms with Gasteiger partial charge in [0.25, 0.3) is 0 Å². The zero-order valence-electron chi connectivity index (χ0n) is 20.1. The molecule has 194 valence electrons. The monoisotopic (exact) mass is 500 g/mol. The molecule has 0 saturated heterocycles. The Morgan fingerprint density at radius 3 is 1.75 bits per heavy atom. The summed E-state index contributed by atoms with van der Waals surface area (Å²) in [5.41, 5.74) is 1.25. The van der Waals surface area contributed by atoms with Gasteiger partial charge in [0.15, 0.2) is 0 Å². The third kappa shape index (κ3) is 8.52. The molecule has 0 aliphatic heterocycles. The van der Waals surface area contributed by atoms with Crippen molar-refractivity contribution < 1.29 is 19.8 Å². The van der Waals surface area contributed by atoms with Gasteiger partial charge in [0.05, 0.1) is 12.7 Å². The molecular weight excluding hydrogens is 468 g/mol. The number of hydrogen-bond acceptors (Lipinski definition) is 10. The molecule has 0 radical (unpaired) electrons. The molecule has 14 nitrogen and oxygen atoms in total. The number of carbonyl (C=O) groups is 2. The van der Waals surface area contributed by atoms with Crippen LogP contribution in [0.2, 0.25) is 0 Å². The number of nitrogens with one attached hydrogen (secondary N) is 5. The predicted molar refractivity (Wildman–Crippen MR) is 132 cm³/mol. The first-order valence-corrected chi connectivity index (χ1v) is 11.9. The average molecular weight is 501 g/mol. The van der Waals surface area contributed by atoms with Crippen LogP contribution >= 0.6 is 0 Å². The highest BCUT2D eigenvalue weighted by Crippen LogP contribution is 2.15. The molecule has 0 bridgehead atoms. The van der Waals surface area contributed by atoms with Crippen molar-refractivity contribution >= 4 is 29.8 Å². The van der Waals surface area contributed by atoms with E-state index in [1.165, 1.54) is 31.5 Å². The fourth-order valence-corrected chi connectivity index (χ4v) is 3.46. The minimum atomic E-state index is -1.10. The SMILES string of the molecule is CCCCCCCNc1nc(NC(Cc2cnc[nH]2)C(=O)O)nc(NC(Cc2cnc[nH]2)C(=O)O)n1. The number of carboxylic acids is 2. The molecule has 0 aliphatic rings. The Kier molecular flexibility index (Phi) is 9.97. The fraction of sp³-hybridized carbons (Fsp3) is 0.500. The maximum Gasteiger partial charge on any atom is 0.326 e. The van der Waals surface area contributed by atoms with Crippen LogP contribution < -0.4 is 16.0 Å². The Hall–Kier alpha value is -4.23. The zero-order chi connectivity index (χ0) is 25.8. The lowest BCUT2D eigenvalue weighted by Gasteiger charge is -2.17. The lowest BCUT2D eigenvalue weighted by molar-refractivity contribution is -0.138. The largest absolute Gasteiger partial charge is 0.480 e. The second kappa shape index (κ2) is 13.6. The summed E-state index contributed by atoms with van der Waals surface area (Å²) in [6.45, 7) is 2.76. The summed E-state index contributed by atoms with van der Waals surface area (Å²) >= 11 is 0. The van der Waals surface area contributed by atoms with E-state index in [1.807, 2.05) is 0 Å². The van der Waals surface area contributed by atoms with Gasteiger partial charge in [-0.15, -0.1) is 0 Å². The number of H-pyrrole nitrogens is 2. The molecule has 0 spiro atoms. The van der Waals surface area contributed by atoms with Crippen molar-refractivity contribution in [2.24, 2.45) is 0 Å². The fourth-order valence-electron chi connectivity index (χ4n) is 3.46. The van der Waals surface area contributed by atoms with Crippen molar-refractivity contribution in [1.82, 2.24) is 34.9 Å². The highest BCUT2D eigenvalue weighted by molar-refractivity contribution is 5.78. The lowest BCUT2D eigenvalue weighted by atomic mass is 10.1. The number of unbranched alkanes of at least 4 members (excludes halogenated alkanes) is 4. The van der Waals surface area contributed by atoms with Crippen LogP contribution in [0, 0.1) is 0 Å². The van der Waals surface area contributed by atoms with E-state index in [9.17, 15) is 19.8 Å². The minimum absolute atomic E-state index is 0.00132. The second-order valence-corrected chi connectivity index (χ2v) is 8.28. The van der Waals surface area contributed by atoms with Crippen molar-refractivity contribution in [2.45, 2.75) is 64.0 Å². The van der Waals surface area contributed by atoms with E-state index in [1.54, 1.807) is 0 Å². The highest BCUT2D eigenvalue weighted by atomic mass is 16.4. The van der Waals surface area contributed by atoms with Crippen molar-refractivity contribution in [3.05, 3.63) is 36.4 Å². The lowest BCUT2D eigenvalue weighted by Crippen LogP contribution is -2.34. The number of aromatic amines is 2. The number of aromatic nitrogens is 7. The Labute approximate surface area is 207 Å². The number of aliphatic carboxylic acids is 2. The molecule has 14 heteroatoms. The van der Waals surface area contributed by atoms with Gasteiger partial charge in [0.2, 0.25) is 17.8 Å². The van der Waals surface area contributed by atoms with Crippen LogP contribution in [0.15, 0.2) is 25.0 Å². The molecule has 3 rings (SSSR count). The summed E-state index contributed by atoms with van der Waals surface area (Å²) in [4.78, 5) is 50.1. The van der Waals surface area contributed by atoms with E-state index in [2.05, 4.69) is 57.8 Å². The van der Waals surface area contributed by atoms with Gasteiger partial charge in [-0.2, -0.15) is 15.0 Å². The van der Waals surface area contributed by atoms with E-state index in [4.69, 9.17) is 0 Å². The molecule has 0 fully saturated rings. The quantitative estimate of drug-likeness (QED) is 0.133. The highest BCUT2D eigenvalue weighted by Gasteiger charge is 2.23. The molecule has 0 saturated carbocycles. The van der Waals surface area contributed by atoms with E-state index >= 15 is 0 Å². The van der Waals surface area contributed by atoms with Gasteiger partial charge < -0.3 is 36.1 Å². The average Bonchev–Trinajstić information content (AvgIpc) is 3.55. The maximum atomic E-state index is 11.9. The first-order chi connectivity index (χ1) is 17.4. The number of anilines is 3. The Morgan fingerprint density at radius 2 is 1.31 bits per heavy atom. The molecule has 3 heterocycles. The van der Waals surface area contributed by atoms with Crippen LogP contribution in [0.4, 0.5) is 17.8 Å². The van der Waals surface area contributed by atoms with Crippen molar-refractivity contribution in [3.8, 4) is 0 Å². The van der Waals surface area contributed by atoms with Crippen LogP contribution in [-0.2, 0) is 22.4 Å². The van der Waals surface area contributed by atoms with Crippen LogP contribution in [-0.4, -0.2) is 75.7 Å². The van der Waals surface area contributed by atoms with Crippen LogP contribution in [0.3, 0.4) is 0 Å². The van der Waals surface area contributed by atoms with Gasteiger partial charge in [0.1, 0.15) is 12.1 Å². The van der Waals surface area contributed by atoms with E-state index in [-0.39, 0.29) is 30.7 Å². The molecule has 36 heavy (non-hydrogen) atoms. The summed E-state index contributed by atoms with van der Waals surface area (Å²) < 4.78 is 0. The number of nitrogens with zero attached hydrogens (tertiary/aromatic N) is 5. The molecule has 0 aromatic carbocycles. The molecule has 0 amide bonds. The molecule has 7 N–H and O–H groups in total. The summed E-state index contributed by atoms with van der Waals surface area (Å²) in [7, 11) is 0. The van der Waals surface area contributed by atoms with Crippen LogP contribution in [0.25, 0.3) is 0 Å². The summed E-state index contributed by atoms with van der Waals surface area (Å²) in [5.74, 6) is -2.00. The van der Waals surface area contributed by atoms with Crippen molar-refractivity contribution in [1.29, 1.82) is 0 Å². The topological polar surface area (TPSA) is 207 Å². The van der Waals surface area contributed by atoms with Gasteiger partial charge >= 0.3 is 11.9 Å². The summed E-state index contributed by atoms with van der Waals surface area (Å²) in [5, 5.41) is 28.1. The molecule has 2 unspecified atom stereocenters. The molecule has 3 aromatic heterocycles. The summed E-state index contributed by atoms with van der Waals surface area (Å²) in [6.07, 6.45) is 11.7. The molecule has 3 aromatic rings. The van der Waals surface area contributed by atoms with Gasteiger partial charge in [-0.05, 0) is 6.42 Å². The van der Waals surface area contributed by atoms with Gasteiger partial charge in [-0.25, -0.2) is 19.6 Å². The Morgan fingerprint density at radius 1 is 0.806 bits per heavy atom. The van der Waals surface area contributed by atoms with Crippen molar-refractivity contribution in [3.63, 3.8) is 0 Å². The minimum Gasteiger partial charge on any atom is -0.480 e. The number of rotatable bonds is 17. The van der Waals surface area contributed by atoms with Gasteiger partial charge in [-0.1, -0.05) is 32.6 Å². The normalized spacial score (nSPS) is 12.6. The Bertz CT molecular complexity index is 1000. The first-order valence-electron chi connectivity index (χ1n) is 11.9. The molecule has 0 aliphatic carbocycles. The molecular formula is C22H32N10O4. The Balaban J connectivity index is 1.77. The number of hydrogen-bond donors (Lipinski definition) is 7. The van der Waals surface area contributed by atoms with Crippen LogP contribution in [0.5, 0.6) is 0 Å². The third-order valence-electron chi connectivity index (χ3n) is 5.36. The second-order valence-electron chi connectivity index (χ2n) is 8.28. The zero-order valence-corrected chi connectivity index (χ0v) is 20.1. The maximum absolute atomic E-state index is 11.9. The standard InChI is InChI=1S/C22H32N10O4/c1-2-3-4-5-6-7-25-20-30-21(28-16(18(33)34)8-14-10-23-12-26-14)32-22(31-20)29-17(19(35)36)9-15-11-24-13-27-15/h10-13,16-17H,2-9H2,1H3,(H,23,26)(H,24,27)(H,33,34)(H,35,36)(H3,25,28,29,30,31,32). The van der Waals surface area contributed by atoms with Gasteiger partial charge in [0, 0.05) is 43.2 Å². The smallest absolute Gasteiger partial charge is 0.326 e. The van der Waals surface area contributed by atoms with Crippen LogP contribution in [0.1, 0.15) is 50.4 Å². The van der Waals surface area contributed by atoms with Gasteiger partial charge in [-0.3, -0.25) is 0 Å². The molecule has 2 atom stereocenters. The van der Waals surface area contributed by atoms with E-state index in [0.29, 0.717) is 17.9 Å². The first kappa shape index (κ1) is 26.4. The third-order valence-corrected chi connectivity index (χ3v) is 5.36. The predicted octanol–water partition coefficient (Wildman–Crippen LogP) is 1.92. The summed E-state index contributed by atoms with van der Waals surface area (Å²) in [6, 6.07) is -2.11. The number of carboxylic acid groups (broad SMARTS) is 2. The van der Waals surface area contributed by atoms with E-state index in [0.717, 1.165) is 25.7 Å². The van der Waals surface area contributed by atoms with Crippen molar-refractivity contribution in [2.75, 3.05) is 22.5 Å².